The standard InChI is InChI=1S/C17H19N5/c1-3-21(4-2)12-11-17-18-19-20-22(17)16-10-9-14-7-5-6-8-15(14)13-16/h5-13H,3-4H2,1-2H3. The van der Waals surface area contributed by atoms with Gasteiger partial charge in [0.1, 0.15) is 0 Å². The molecule has 2 aromatic carbocycles. The summed E-state index contributed by atoms with van der Waals surface area (Å²) in [4.78, 5) is 2.19. The van der Waals surface area contributed by atoms with Crippen LogP contribution in [0.1, 0.15) is 19.7 Å². The van der Waals surface area contributed by atoms with Crippen molar-refractivity contribution in [2.75, 3.05) is 13.1 Å². The third-order valence-corrected chi connectivity index (χ3v) is 3.72. The Morgan fingerprint density at radius 1 is 1.05 bits per heavy atom. The van der Waals surface area contributed by atoms with E-state index >= 15 is 0 Å². The molecular weight excluding hydrogens is 274 g/mol. The first-order chi connectivity index (χ1) is 10.8. The molecule has 0 atom stereocenters. The molecule has 1 heterocycles. The van der Waals surface area contributed by atoms with E-state index in [2.05, 4.69) is 58.5 Å². The minimum absolute atomic E-state index is 0.724. The van der Waals surface area contributed by atoms with E-state index in [9.17, 15) is 0 Å². The van der Waals surface area contributed by atoms with Crippen molar-refractivity contribution in [3.8, 4) is 5.69 Å². The first-order valence-electron chi connectivity index (χ1n) is 7.51. The normalized spacial score (nSPS) is 11.4. The summed E-state index contributed by atoms with van der Waals surface area (Å²) < 4.78 is 1.76. The lowest BCUT2D eigenvalue weighted by atomic mass is 10.1. The summed E-state index contributed by atoms with van der Waals surface area (Å²) in [7, 11) is 0. The van der Waals surface area contributed by atoms with Gasteiger partial charge in [-0.15, -0.1) is 5.10 Å². The van der Waals surface area contributed by atoms with Gasteiger partial charge in [0.25, 0.3) is 0 Å². The topological polar surface area (TPSA) is 46.8 Å². The largest absolute Gasteiger partial charge is 0.378 e. The Morgan fingerprint density at radius 3 is 2.59 bits per heavy atom. The molecule has 3 rings (SSSR count). The van der Waals surface area contributed by atoms with Gasteiger partial charge >= 0.3 is 0 Å². The lowest BCUT2D eigenvalue weighted by molar-refractivity contribution is 0.421. The number of hydrogen-bond donors (Lipinski definition) is 0. The van der Waals surface area contributed by atoms with E-state index in [4.69, 9.17) is 0 Å². The Balaban J connectivity index is 1.96. The SMILES string of the molecule is CCN(C=Cc1nnnn1-c1ccc2ccccc2c1)CC. The summed E-state index contributed by atoms with van der Waals surface area (Å²) in [5.41, 5.74) is 0.961. The van der Waals surface area contributed by atoms with Crippen LogP contribution in [0, 0.1) is 0 Å². The monoisotopic (exact) mass is 293 g/mol. The molecule has 0 radical (unpaired) electrons. The van der Waals surface area contributed by atoms with Crippen molar-refractivity contribution in [2.45, 2.75) is 13.8 Å². The number of rotatable bonds is 5. The van der Waals surface area contributed by atoms with Crippen molar-refractivity contribution in [1.29, 1.82) is 0 Å². The van der Waals surface area contributed by atoms with E-state index < -0.39 is 0 Å². The van der Waals surface area contributed by atoms with Gasteiger partial charge in [-0.25, -0.2) is 0 Å². The van der Waals surface area contributed by atoms with Gasteiger partial charge in [-0.2, -0.15) is 4.68 Å². The second-order valence-electron chi connectivity index (χ2n) is 5.02. The van der Waals surface area contributed by atoms with E-state index in [1.165, 1.54) is 10.8 Å². The van der Waals surface area contributed by atoms with Crippen LogP contribution in [0.4, 0.5) is 0 Å². The summed E-state index contributed by atoms with van der Waals surface area (Å²) >= 11 is 0. The van der Waals surface area contributed by atoms with Crippen LogP contribution in [0.25, 0.3) is 22.5 Å². The molecule has 0 spiro atoms. The van der Waals surface area contributed by atoms with Crippen LogP contribution in [0.15, 0.2) is 48.7 Å². The predicted octanol–water partition coefficient (Wildman–Crippen LogP) is 3.13. The van der Waals surface area contributed by atoms with Gasteiger partial charge in [0, 0.05) is 25.4 Å². The van der Waals surface area contributed by atoms with Crippen LogP contribution < -0.4 is 0 Å². The zero-order valence-corrected chi connectivity index (χ0v) is 12.8. The molecular formula is C17H19N5. The zero-order chi connectivity index (χ0) is 15.4. The molecule has 3 aromatic rings. The zero-order valence-electron chi connectivity index (χ0n) is 12.8. The van der Waals surface area contributed by atoms with Crippen molar-refractivity contribution in [1.82, 2.24) is 25.1 Å². The molecule has 0 saturated carbocycles. The highest BCUT2D eigenvalue weighted by molar-refractivity contribution is 5.84. The second kappa shape index (κ2) is 6.39. The van der Waals surface area contributed by atoms with E-state index in [0.29, 0.717) is 0 Å². The van der Waals surface area contributed by atoms with E-state index in [1.807, 2.05) is 30.5 Å². The maximum absolute atomic E-state index is 4.11. The molecule has 112 valence electrons. The van der Waals surface area contributed by atoms with Crippen molar-refractivity contribution >= 4 is 16.8 Å². The highest BCUT2D eigenvalue weighted by Gasteiger charge is 2.06. The molecule has 22 heavy (non-hydrogen) atoms. The Labute approximate surface area is 129 Å². The minimum Gasteiger partial charge on any atom is -0.378 e. The molecule has 0 unspecified atom stereocenters. The van der Waals surface area contributed by atoms with Crippen LogP contribution in [-0.2, 0) is 0 Å². The van der Waals surface area contributed by atoms with Gasteiger partial charge in [-0.05, 0) is 47.2 Å². The average molecular weight is 293 g/mol. The van der Waals surface area contributed by atoms with Gasteiger partial charge in [0.15, 0.2) is 5.82 Å². The summed E-state index contributed by atoms with van der Waals surface area (Å²) in [5.74, 6) is 0.724. The Bertz CT molecular complexity index is 786. The summed E-state index contributed by atoms with van der Waals surface area (Å²) in [6, 6.07) is 14.5. The van der Waals surface area contributed by atoms with Crippen LogP contribution in [-0.4, -0.2) is 38.2 Å². The molecule has 0 fully saturated rings. The first kappa shape index (κ1) is 14.3. The lowest BCUT2D eigenvalue weighted by Crippen LogP contribution is -2.15. The van der Waals surface area contributed by atoms with Gasteiger partial charge in [-0.1, -0.05) is 30.3 Å². The molecule has 0 aliphatic carbocycles. The van der Waals surface area contributed by atoms with E-state index in [0.717, 1.165) is 24.6 Å². The fourth-order valence-corrected chi connectivity index (χ4v) is 2.40. The highest BCUT2D eigenvalue weighted by Crippen LogP contribution is 2.18. The average Bonchev–Trinajstić information content (AvgIpc) is 3.04. The molecule has 0 saturated heterocycles. The fourth-order valence-electron chi connectivity index (χ4n) is 2.40. The van der Waals surface area contributed by atoms with Gasteiger partial charge in [0.05, 0.1) is 5.69 Å². The number of benzene rings is 2. The maximum Gasteiger partial charge on any atom is 0.181 e. The quantitative estimate of drug-likeness (QED) is 0.725. The minimum atomic E-state index is 0.724. The van der Waals surface area contributed by atoms with Crippen molar-refractivity contribution < 1.29 is 0 Å². The number of fused-ring (bicyclic) bond motifs is 1. The molecule has 5 nitrogen and oxygen atoms in total. The number of nitrogens with zero attached hydrogens (tertiary/aromatic N) is 5. The molecule has 0 amide bonds. The van der Waals surface area contributed by atoms with Crippen molar-refractivity contribution in [3.63, 3.8) is 0 Å². The van der Waals surface area contributed by atoms with Crippen molar-refractivity contribution in [3.05, 3.63) is 54.5 Å². The van der Waals surface area contributed by atoms with Gasteiger partial charge < -0.3 is 4.90 Å². The third kappa shape index (κ3) is 2.83. The maximum atomic E-state index is 4.11. The van der Waals surface area contributed by atoms with Crippen molar-refractivity contribution in [2.24, 2.45) is 0 Å². The molecule has 0 aliphatic rings. The van der Waals surface area contributed by atoms with Crippen LogP contribution in [0.3, 0.4) is 0 Å². The highest BCUT2D eigenvalue weighted by atomic mass is 15.5. The molecule has 0 N–H and O–H groups in total. The van der Waals surface area contributed by atoms with Crippen LogP contribution >= 0.6 is 0 Å². The Kier molecular flexibility index (Phi) is 4.14. The summed E-state index contributed by atoms with van der Waals surface area (Å²) in [5, 5.41) is 14.4. The summed E-state index contributed by atoms with van der Waals surface area (Å²) in [6.45, 7) is 6.18. The lowest BCUT2D eigenvalue weighted by Gasteiger charge is -2.14. The smallest absolute Gasteiger partial charge is 0.181 e. The molecule has 0 bridgehead atoms. The first-order valence-corrected chi connectivity index (χ1v) is 7.51. The van der Waals surface area contributed by atoms with Gasteiger partial charge in [-0.3, -0.25) is 0 Å². The number of hydrogen-bond acceptors (Lipinski definition) is 4. The number of aromatic nitrogens is 4. The Morgan fingerprint density at radius 2 is 1.82 bits per heavy atom. The second-order valence-corrected chi connectivity index (χ2v) is 5.02. The third-order valence-electron chi connectivity index (χ3n) is 3.72. The van der Waals surface area contributed by atoms with Crippen LogP contribution in [0.5, 0.6) is 0 Å². The van der Waals surface area contributed by atoms with E-state index in [1.54, 1.807) is 4.68 Å². The van der Waals surface area contributed by atoms with E-state index in [-0.39, 0.29) is 0 Å². The summed E-state index contributed by atoms with van der Waals surface area (Å²) in [6.07, 6.45) is 3.98. The fraction of sp³-hybridized carbons (Fsp3) is 0.235. The molecule has 5 heteroatoms. The van der Waals surface area contributed by atoms with Crippen LogP contribution in [0.2, 0.25) is 0 Å². The predicted molar refractivity (Wildman–Crippen MR) is 88.6 cm³/mol. The van der Waals surface area contributed by atoms with Gasteiger partial charge in [0.2, 0.25) is 0 Å². The number of tetrazole rings is 1. The Hall–Kier alpha value is -2.69. The molecule has 1 aromatic heterocycles. The molecule has 0 aliphatic heterocycles.